The Morgan fingerprint density at radius 1 is 1.36 bits per heavy atom. The molecule has 116 valence electrons. The highest BCUT2D eigenvalue weighted by Gasteiger charge is 2.30. The fraction of sp³-hybridized carbons (Fsp3) is 0.438. The van der Waals surface area contributed by atoms with Gasteiger partial charge in [-0.25, -0.2) is 0 Å². The van der Waals surface area contributed by atoms with Crippen molar-refractivity contribution in [3.8, 4) is 0 Å². The summed E-state index contributed by atoms with van der Waals surface area (Å²) in [6.45, 7) is 3.19. The molecule has 6 heteroatoms. The van der Waals surface area contributed by atoms with E-state index in [2.05, 4.69) is 10.1 Å². The Morgan fingerprint density at radius 3 is 2.82 bits per heavy atom. The molecular formula is C16H18ClN3O2. The van der Waals surface area contributed by atoms with Gasteiger partial charge >= 0.3 is 0 Å². The van der Waals surface area contributed by atoms with E-state index in [9.17, 15) is 4.79 Å². The standard InChI is InChI=1S/C16H18ClN3O2/c1-2-14-18-16(22-19-14)12-5-8-15(21)20(10-12)9-11-3-6-13(17)7-4-11/h3-4,6-7,12H,2,5,8-10H2,1H3/t12-/m0/s1. The molecule has 5 nitrogen and oxygen atoms in total. The molecule has 3 rings (SSSR count). The van der Waals surface area contributed by atoms with Gasteiger partial charge in [0.25, 0.3) is 0 Å². The van der Waals surface area contributed by atoms with Gasteiger partial charge in [0.1, 0.15) is 0 Å². The average Bonchev–Trinajstić information content (AvgIpc) is 3.01. The SMILES string of the molecule is CCc1noc([C@H]2CCC(=O)N(Cc3ccc(Cl)cc3)C2)n1. The van der Waals surface area contributed by atoms with Crippen LogP contribution in [0.5, 0.6) is 0 Å². The van der Waals surface area contributed by atoms with E-state index in [-0.39, 0.29) is 11.8 Å². The van der Waals surface area contributed by atoms with E-state index >= 15 is 0 Å². The molecule has 0 aliphatic carbocycles. The van der Waals surface area contributed by atoms with E-state index in [0.717, 1.165) is 24.2 Å². The molecule has 0 N–H and O–H groups in total. The summed E-state index contributed by atoms with van der Waals surface area (Å²) in [6.07, 6.45) is 2.03. The molecule has 2 heterocycles. The van der Waals surface area contributed by atoms with Crippen LogP contribution in [0.3, 0.4) is 0 Å². The van der Waals surface area contributed by atoms with Crippen molar-refractivity contribution in [2.75, 3.05) is 6.54 Å². The Balaban J connectivity index is 1.70. The number of hydrogen-bond acceptors (Lipinski definition) is 4. The molecule has 0 unspecified atom stereocenters. The van der Waals surface area contributed by atoms with E-state index in [1.807, 2.05) is 36.1 Å². The summed E-state index contributed by atoms with van der Waals surface area (Å²) in [6, 6.07) is 7.57. The Hall–Kier alpha value is -1.88. The molecule has 1 aromatic carbocycles. The summed E-state index contributed by atoms with van der Waals surface area (Å²) >= 11 is 5.89. The second-order valence-corrected chi connectivity index (χ2v) is 5.98. The predicted molar refractivity (Wildman–Crippen MR) is 82.5 cm³/mol. The molecule has 0 radical (unpaired) electrons. The number of rotatable bonds is 4. The van der Waals surface area contributed by atoms with Crippen LogP contribution in [0.4, 0.5) is 0 Å². The number of piperidine rings is 1. The maximum Gasteiger partial charge on any atom is 0.231 e. The van der Waals surface area contributed by atoms with E-state index in [0.29, 0.717) is 30.4 Å². The van der Waals surface area contributed by atoms with Gasteiger partial charge in [-0.15, -0.1) is 0 Å². The molecule has 0 spiro atoms. The average molecular weight is 320 g/mol. The lowest BCUT2D eigenvalue weighted by Gasteiger charge is -2.31. The Kier molecular flexibility index (Phi) is 4.43. The van der Waals surface area contributed by atoms with Crippen molar-refractivity contribution in [2.24, 2.45) is 0 Å². The summed E-state index contributed by atoms with van der Waals surface area (Å²) in [7, 11) is 0. The molecule has 1 amide bonds. The number of amides is 1. The van der Waals surface area contributed by atoms with Crippen LogP contribution in [0.1, 0.15) is 43.0 Å². The number of nitrogens with zero attached hydrogens (tertiary/aromatic N) is 3. The topological polar surface area (TPSA) is 59.2 Å². The van der Waals surface area contributed by atoms with Crippen LogP contribution in [-0.2, 0) is 17.8 Å². The molecule has 1 saturated heterocycles. The first kappa shape index (κ1) is 15.0. The van der Waals surface area contributed by atoms with E-state index in [4.69, 9.17) is 16.1 Å². The van der Waals surface area contributed by atoms with Crippen LogP contribution < -0.4 is 0 Å². The highest BCUT2D eigenvalue weighted by Crippen LogP contribution is 2.27. The maximum absolute atomic E-state index is 12.1. The van der Waals surface area contributed by atoms with Gasteiger partial charge < -0.3 is 9.42 Å². The van der Waals surface area contributed by atoms with Crippen molar-refractivity contribution in [3.05, 3.63) is 46.6 Å². The minimum atomic E-state index is 0.123. The zero-order valence-corrected chi connectivity index (χ0v) is 13.2. The smallest absolute Gasteiger partial charge is 0.231 e. The van der Waals surface area contributed by atoms with Gasteiger partial charge in [0, 0.05) is 31.0 Å². The fourth-order valence-electron chi connectivity index (χ4n) is 2.66. The number of aryl methyl sites for hydroxylation is 1. The third-order valence-electron chi connectivity index (χ3n) is 3.94. The van der Waals surface area contributed by atoms with Gasteiger partial charge in [0.2, 0.25) is 11.8 Å². The molecule has 22 heavy (non-hydrogen) atoms. The minimum absolute atomic E-state index is 0.123. The number of benzene rings is 1. The monoisotopic (exact) mass is 319 g/mol. The van der Waals surface area contributed by atoms with Gasteiger partial charge in [0.05, 0.1) is 5.92 Å². The Labute approximate surface area is 134 Å². The summed E-state index contributed by atoms with van der Waals surface area (Å²) in [5.74, 6) is 1.65. The summed E-state index contributed by atoms with van der Waals surface area (Å²) in [5, 5.41) is 4.64. The predicted octanol–water partition coefficient (Wildman–Crippen LogP) is 3.19. The molecule has 2 aromatic rings. The van der Waals surface area contributed by atoms with Crippen molar-refractivity contribution >= 4 is 17.5 Å². The van der Waals surface area contributed by atoms with Crippen LogP contribution in [0, 0.1) is 0 Å². The number of hydrogen-bond donors (Lipinski definition) is 0. The van der Waals surface area contributed by atoms with Crippen LogP contribution in [-0.4, -0.2) is 27.5 Å². The van der Waals surface area contributed by atoms with Gasteiger partial charge in [-0.3, -0.25) is 4.79 Å². The maximum atomic E-state index is 12.1. The first-order valence-electron chi connectivity index (χ1n) is 7.50. The van der Waals surface area contributed by atoms with Crippen LogP contribution >= 0.6 is 11.6 Å². The molecule has 1 aromatic heterocycles. The van der Waals surface area contributed by atoms with Gasteiger partial charge in [-0.1, -0.05) is 35.8 Å². The zero-order valence-electron chi connectivity index (χ0n) is 12.5. The van der Waals surface area contributed by atoms with Gasteiger partial charge in [-0.05, 0) is 24.1 Å². The van der Waals surface area contributed by atoms with Crippen molar-refractivity contribution in [2.45, 2.75) is 38.6 Å². The molecule has 0 saturated carbocycles. The fourth-order valence-corrected chi connectivity index (χ4v) is 2.78. The van der Waals surface area contributed by atoms with Crippen LogP contribution in [0.15, 0.2) is 28.8 Å². The molecule has 0 bridgehead atoms. The third-order valence-corrected chi connectivity index (χ3v) is 4.19. The van der Waals surface area contributed by atoms with Crippen LogP contribution in [0.2, 0.25) is 5.02 Å². The summed E-state index contributed by atoms with van der Waals surface area (Å²) in [4.78, 5) is 18.4. The van der Waals surface area contributed by atoms with E-state index in [1.54, 1.807) is 0 Å². The molecular weight excluding hydrogens is 302 g/mol. The first-order chi connectivity index (χ1) is 10.7. The minimum Gasteiger partial charge on any atom is -0.339 e. The third kappa shape index (κ3) is 3.30. The first-order valence-corrected chi connectivity index (χ1v) is 7.88. The lowest BCUT2D eigenvalue weighted by molar-refractivity contribution is -0.134. The number of aromatic nitrogens is 2. The second-order valence-electron chi connectivity index (χ2n) is 5.54. The second kappa shape index (κ2) is 6.48. The number of halogens is 1. The quantitative estimate of drug-likeness (QED) is 0.868. The molecule has 1 fully saturated rings. The van der Waals surface area contributed by atoms with Gasteiger partial charge in [0.15, 0.2) is 5.82 Å². The molecule has 1 aliphatic heterocycles. The highest BCUT2D eigenvalue weighted by atomic mass is 35.5. The largest absolute Gasteiger partial charge is 0.339 e. The molecule has 1 aliphatic rings. The Bertz CT molecular complexity index is 654. The summed E-state index contributed by atoms with van der Waals surface area (Å²) < 4.78 is 5.33. The number of carbonyl (C=O) groups is 1. The van der Waals surface area contributed by atoms with Crippen LogP contribution in [0.25, 0.3) is 0 Å². The van der Waals surface area contributed by atoms with E-state index in [1.165, 1.54) is 0 Å². The van der Waals surface area contributed by atoms with Crippen molar-refractivity contribution in [1.82, 2.24) is 15.0 Å². The lowest BCUT2D eigenvalue weighted by atomic mass is 9.97. The molecule has 1 atom stereocenters. The highest BCUT2D eigenvalue weighted by molar-refractivity contribution is 6.30. The van der Waals surface area contributed by atoms with Gasteiger partial charge in [-0.2, -0.15) is 4.98 Å². The zero-order chi connectivity index (χ0) is 15.5. The normalized spacial score (nSPS) is 18.7. The number of likely N-dealkylation sites (tertiary alicyclic amines) is 1. The van der Waals surface area contributed by atoms with E-state index < -0.39 is 0 Å². The number of carbonyl (C=O) groups excluding carboxylic acids is 1. The van der Waals surface area contributed by atoms with Crippen molar-refractivity contribution in [1.29, 1.82) is 0 Å². The summed E-state index contributed by atoms with van der Waals surface area (Å²) in [5.41, 5.74) is 1.07. The van der Waals surface area contributed by atoms with Crippen molar-refractivity contribution < 1.29 is 9.32 Å². The van der Waals surface area contributed by atoms with Crippen molar-refractivity contribution in [3.63, 3.8) is 0 Å². The Morgan fingerprint density at radius 2 is 2.14 bits per heavy atom. The lowest BCUT2D eigenvalue weighted by Crippen LogP contribution is -2.38.